The van der Waals surface area contributed by atoms with Crippen LogP contribution in [0.2, 0.25) is 0 Å². The van der Waals surface area contributed by atoms with Gasteiger partial charge in [0, 0.05) is 5.41 Å². The van der Waals surface area contributed by atoms with Gasteiger partial charge in [-0.3, -0.25) is 0 Å². The molecule has 1 aliphatic carbocycles. The van der Waals surface area contributed by atoms with Crippen molar-refractivity contribution in [3.05, 3.63) is 55.3 Å². The van der Waals surface area contributed by atoms with Gasteiger partial charge in [-0.05, 0) is 91.3 Å². The summed E-state index contributed by atoms with van der Waals surface area (Å²) < 4.78 is 0. The Bertz CT molecular complexity index is 976. The zero-order valence-corrected chi connectivity index (χ0v) is 18.6. The fourth-order valence-electron chi connectivity index (χ4n) is 4.70. The van der Waals surface area contributed by atoms with E-state index in [1.165, 1.54) is 49.6 Å². The molecule has 0 spiro atoms. The van der Waals surface area contributed by atoms with Gasteiger partial charge in [0.1, 0.15) is 0 Å². The van der Waals surface area contributed by atoms with Gasteiger partial charge in [-0.1, -0.05) is 69.4 Å². The Labute approximate surface area is 166 Å². The molecule has 1 aliphatic rings. The Hall–Kier alpha value is -1.82. The van der Waals surface area contributed by atoms with Crippen LogP contribution >= 0.6 is 0 Å². The van der Waals surface area contributed by atoms with E-state index in [4.69, 9.17) is 0 Å². The van der Waals surface area contributed by atoms with Gasteiger partial charge in [-0.15, -0.1) is 0 Å². The molecule has 0 nitrogen and oxygen atoms in total. The standard InChI is InChI=1S/C27H38/c1-18(2)16-19(3)14-15-20(4)17-27(8,9)26-22(6)21(5)24-12-10-11-13-25(24)23(26)7/h12-13,16-17,19H,5,7,10-11,14-15H2,1-4,6,8-9H3/b20-17+. The van der Waals surface area contributed by atoms with E-state index in [1.54, 1.807) is 0 Å². The largest absolute Gasteiger partial charge is 0.0909 e. The number of hydrogen-bond acceptors (Lipinski definition) is 0. The lowest BCUT2D eigenvalue weighted by Crippen LogP contribution is -2.53. The smallest absolute Gasteiger partial charge is 0.00866 e. The quantitative estimate of drug-likeness (QED) is 0.639. The zero-order valence-electron chi connectivity index (χ0n) is 18.6. The van der Waals surface area contributed by atoms with Crippen molar-refractivity contribution < 1.29 is 0 Å². The molecule has 0 heteroatoms. The molecule has 1 unspecified atom stereocenters. The molecular formula is C27H38. The normalized spacial score (nSPS) is 15.4. The first-order valence-electron chi connectivity index (χ1n) is 10.4. The van der Waals surface area contributed by atoms with Crippen LogP contribution in [-0.2, 0) is 5.41 Å². The SMILES string of the molecule is C=c1c(C)c(C(C)(C)/C=C(\C)CCC(C)C=C(C)C)c(=C)c2c1=CCCC=2. The van der Waals surface area contributed by atoms with Gasteiger partial charge in [0.15, 0.2) is 0 Å². The average molecular weight is 363 g/mol. The van der Waals surface area contributed by atoms with Crippen LogP contribution in [0, 0.1) is 12.8 Å². The molecule has 0 saturated carbocycles. The summed E-state index contributed by atoms with van der Waals surface area (Å²) in [5.74, 6) is 0.631. The summed E-state index contributed by atoms with van der Waals surface area (Å²) in [5, 5.41) is 4.99. The van der Waals surface area contributed by atoms with Crippen molar-refractivity contribution in [2.45, 2.75) is 79.6 Å². The first kappa shape index (κ1) is 21.5. The predicted octanol–water partition coefficient (Wildman–Crippen LogP) is 4.78. The molecule has 146 valence electrons. The van der Waals surface area contributed by atoms with Gasteiger partial charge in [0.25, 0.3) is 0 Å². The maximum atomic E-state index is 4.50. The second kappa shape index (κ2) is 8.46. The van der Waals surface area contributed by atoms with Crippen LogP contribution in [-0.4, -0.2) is 0 Å². The van der Waals surface area contributed by atoms with E-state index >= 15 is 0 Å². The monoisotopic (exact) mass is 362 g/mol. The summed E-state index contributed by atoms with van der Waals surface area (Å²) in [4.78, 5) is 0. The van der Waals surface area contributed by atoms with E-state index in [0.29, 0.717) is 5.92 Å². The van der Waals surface area contributed by atoms with E-state index < -0.39 is 0 Å². The lowest BCUT2D eigenvalue weighted by Gasteiger charge is -2.27. The number of rotatable bonds is 6. The summed E-state index contributed by atoms with van der Waals surface area (Å²) in [6.07, 6.45) is 14.1. The Morgan fingerprint density at radius 2 is 1.63 bits per heavy atom. The zero-order chi connectivity index (χ0) is 20.4. The maximum Gasteiger partial charge on any atom is 0.00866 e. The molecule has 0 heterocycles. The van der Waals surface area contributed by atoms with Crippen LogP contribution in [0.5, 0.6) is 0 Å². The highest BCUT2D eigenvalue weighted by atomic mass is 14.3. The van der Waals surface area contributed by atoms with E-state index in [9.17, 15) is 0 Å². The van der Waals surface area contributed by atoms with Crippen molar-refractivity contribution in [2.75, 3.05) is 0 Å². The molecule has 0 radical (unpaired) electrons. The van der Waals surface area contributed by atoms with Crippen LogP contribution < -0.4 is 20.9 Å². The van der Waals surface area contributed by atoms with Gasteiger partial charge in [0.2, 0.25) is 0 Å². The molecule has 0 amide bonds. The minimum atomic E-state index is -0.0439. The Morgan fingerprint density at radius 1 is 1.07 bits per heavy atom. The molecule has 0 fully saturated rings. The van der Waals surface area contributed by atoms with Crippen molar-refractivity contribution in [1.29, 1.82) is 0 Å². The minimum absolute atomic E-state index is 0.0439. The molecule has 1 atom stereocenters. The van der Waals surface area contributed by atoms with Crippen LogP contribution in [0.25, 0.3) is 25.3 Å². The molecule has 0 bridgehead atoms. The predicted molar refractivity (Wildman–Crippen MR) is 123 cm³/mol. The number of fused-ring (bicyclic) bond motifs is 1. The second-order valence-corrected chi connectivity index (χ2v) is 9.24. The minimum Gasteiger partial charge on any atom is -0.0909 e. The second-order valence-electron chi connectivity index (χ2n) is 9.24. The molecule has 0 aromatic heterocycles. The molecule has 1 aromatic carbocycles. The van der Waals surface area contributed by atoms with E-state index in [1.807, 2.05) is 0 Å². The molecule has 27 heavy (non-hydrogen) atoms. The van der Waals surface area contributed by atoms with Crippen LogP contribution in [0.3, 0.4) is 0 Å². The molecule has 0 N–H and O–H groups in total. The molecule has 2 rings (SSSR count). The average Bonchev–Trinajstić information content (AvgIpc) is 2.57. The van der Waals surface area contributed by atoms with Crippen LogP contribution in [0.4, 0.5) is 0 Å². The van der Waals surface area contributed by atoms with Crippen molar-refractivity contribution in [1.82, 2.24) is 0 Å². The summed E-state index contributed by atoms with van der Waals surface area (Å²) in [6.45, 7) is 24.7. The third-order valence-electron chi connectivity index (χ3n) is 5.80. The van der Waals surface area contributed by atoms with Gasteiger partial charge in [0.05, 0.1) is 0 Å². The molecule has 0 aliphatic heterocycles. The Kier molecular flexibility index (Phi) is 6.73. The van der Waals surface area contributed by atoms with Gasteiger partial charge in [-0.25, -0.2) is 0 Å². The highest BCUT2D eigenvalue weighted by Crippen LogP contribution is 2.26. The highest BCUT2D eigenvalue weighted by Gasteiger charge is 2.22. The first-order chi connectivity index (χ1) is 12.5. The molecule has 0 saturated heterocycles. The molecule has 1 aromatic rings. The van der Waals surface area contributed by atoms with Gasteiger partial charge < -0.3 is 0 Å². The fraction of sp³-hybridized carbons (Fsp3) is 0.481. The summed E-state index contributed by atoms with van der Waals surface area (Å²) in [5.41, 5.74) is 5.49. The summed E-state index contributed by atoms with van der Waals surface area (Å²) >= 11 is 0. The van der Waals surface area contributed by atoms with Gasteiger partial charge >= 0.3 is 0 Å². The first-order valence-corrected chi connectivity index (χ1v) is 10.4. The van der Waals surface area contributed by atoms with E-state index in [2.05, 4.69) is 85.9 Å². The number of allylic oxidation sites excluding steroid dienone is 4. The fourth-order valence-corrected chi connectivity index (χ4v) is 4.70. The van der Waals surface area contributed by atoms with Crippen LogP contribution in [0.15, 0.2) is 23.3 Å². The van der Waals surface area contributed by atoms with Crippen molar-refractivity contribution in [2.24, 2.45) is 5.92 Å². The van der Waals surface area contributed by atoms with E-state index in [-0.39, 0.29) is 5.41 Å². The lowest BCUT2D eigenvalue weighted by atomic mass is 9.77. The lowest BCUT2D eigenvalue weighted by molar-refractivity contribution is 0.617. The van der Waals surface area contributed by atoms with Crippen molar-refractivity contribution >= 4 is 25.3 Å². The third kappa shape index (κ3) is 4.92. The maximum absolute atomic E-state index is 4.50. The summed E-state index contributed by atoms with van der Waals surface area (Å²) in [6, 6.07) is 0. The summed E-state index contributed by atoms with van der Waals surface area (Å²) in [7, 11) is 0. The van der Waals surface area contributed by atoms with Gasteiger partial charge in [-0.2, -0.15) is 0 Å². The molecular weight excluding hydrogens is 324 g/mol. The van der Waals surface area contributed by atoms with E-state index in [0.717, 1.165) is 19.3 Å². The highest BCUT2D eigenvalue weighted by molar-refractivity contribution is 5.48. The Morgan fingerprint density at radius 3 is 2.19 bits per heavy atom. The van der Waals surface area contributed by atoms with Crippen molar-refractivity contribution in [3.8, 4) is 0 Å². The number of hydrogen-bond donors (Lipinski definition) is 0. The Balaban J connectivity index is 2.43. The topological polar surface area (TPSA) is 0 Å². The number of benzene rings is 1. The van der Waals surface area contributed by atoms with Crippen LogP contribution in [0.1, 0.15) is 78.4 Å². The third-order valence-corrected chi connectivity index (χ3v) is 5.80. The van der Waals surface area contributed by atoms with Crippen molar-refractivity contribution in [3.63, 3.8) is 0 Å².